The van der Waals surface area contributed by atoms with Gasteiger partial charge >= 0.3 is 6.03 Å². The number of hydrogen-bond donors (Lipinski definition) is 2. The van der Waals surface area contributed by atoms with E-state index in [4.69, 9.17) is 16.3 Å². The fourth-order valence-corrected chi connectivity index (χ4v) is 3.23. The SMILES string of the molecule is C=C(C)COc1ccc(C2(C)NC(=O)N(CC(=O)Nc3cccc(Cl)c3)C2=O)cc1. The molecule has 3 rings (SSSR count). The molecule has 7 nitrogen and oxygen atoms in total. The third-order valence-electron chi connectivity index (χ3n) is 4.60. The fraction of sp³-hybridized carbons (Fsp3) is 0.227. The number of hydrogen-bond acceptors (Lipinski definition) is 4. The molecule has 0 aliphatic carbocycles. The van der Waals surface area contributed by atoms with Crippen LogP contribution in [-0.4, -0.2) is 35.9 Å². The Morgan fingerprint density at radius 2 is 1.93 bits per heavy atom. The van der Waals surface area contributed by atoms with Crippen molar-refractivity contribution in [3.8, 4) is 5.75 Å². The Balaban J connectivity index is 1.70. The highest BCUT2D eigenvalue weighted by Crippen LogP contribution is 2.30. The van der Waals surface area contributed by atoms with E-state index >= 15 is 0 Å². The number of carbonyl (C=O) groups is 3. The molecule has 30 heavy (non-hydrogen) atoms. The molecule has 156 valence electrons. The van der Waals surface area contributed by atoms with Crippen LogP contribution in [0.1, 0.15) is 19.4 Å². The van der Waals surface area contributed by atoms with E-state index in [1.54, 1.807) is 55.5 Å². The summed E-state index contributed by atoms with van der Waals surface area (Å²) >= 11 is 5.90. The quantitative estimate of drug-likeness (QED) is 0.521. The van der Waals surface area contributed by atoms with Crippen molar-refractivity contribution >= 4 is 35.1 Å². The van der Waals surface area contributed by atoms with E-state index < -0.39 is 29.9 Å². The number of benzene rings is 2. The molecule has 2 aromatic rings. The average molecular weight is 428 g/mol. The maximum absolute atomic E-state index is 13.0. The number of amides is 4. The summed E-state index contributed by atoms with van der Waals surface area (Å²) in [6.07, 6.45) is 0. The van der Waals surface area contributed by atoms with E-state index in [9.17, 15) is 14.4 Å². The minimum absolute atomic E-state index is 0.391. The maximum atomic E-state index is 13.0. The summed E-state index contributed by atoms with van der Waals surface area (Å²) in [5.74, 6) is -0.391. The first-order chi connectivity index (χ1) is 14.2. The van der Waals surface area contributed by atoms with Crippen LogP contribution in [0.4, 0.5) is 10.5 Å². The van der Waals surface area contributed by atoms with Gasteiger partial charge in [-0.05, 0) is 55.3 Å². The molecule has 2 N–H and O–H groups in total. The summed E-state index contributed by atoms with van der Waals surface area (Å²) in [5.41, 5.74) is 0.672. The van der Waals surface area contributed by atoms with E-state index in [2.05, 4.69) is 17.2 Å². The lowest BCUT2D eigenvalue weighted by Gasteiger charge is -2.22. The minimum Gasteiger partial charge on any atom is -0.489 e. The highest BCUT2D eigenvalue weighted by Gasteiger charge is 2.49. The second-order valence-corrected chi connectivity index (χ2v) is 7.71. The predicted octanol–water partition coefficient (Wildman–Crippen LogP) is 3.70. The van der Waals surface area contributed by atoms with Crippen LogP contribution in [-0.2, 0) is 15.1 Å². The van der Waals surface area contributed by atoms with Crippen LogP contribution in [0.25, 0.3) is 0 Å². The first-order valence-electron chi connectivity index (χ1n) is 9.26. The van der Waals surface area contributed by atoms with Crippen molar-refractivity contribution in [1.82, 2.24) is 10.2 Å². The molecule has 0 aromatic heterocycles. The van der Waals surface area contributed by atoms with Crippen molar-refractivity contribution in [2.45, 2.75) is 19.4 Å². The topological polar surface area (TPSA) is 87.7 Å². The highest BCUT2D eigenvalue weighted by molar-refractivity contribution is 6.30. The number of nitrogens with zero attached hydrogens (tertiary/aromatic N) is 1. The number of carbonyl (C=O) groups excluding carboxylic acids is 3. The van der Waals surface area contributed by atoms with E-state index in [-0.39, 0.29) is 0 Å². The molecule has 1 fully saturated rings. The summed E-state index contributed by atoms with van der Waals surface area (Å²) in [6.45, 7) is 7.22. The van der Waals surface area contributed by atoms with Crippen molar-refractivity contribution in [2.24, 2.45) is 0 Å². The summed E-state index contributed by atoms with van der Waals surface area (Å²) < 4.78 is 5.56. The van der Waals surface area contributed by atoms with Gasteiger partial charge < -0.3 is 15.4 Å². The lowest BCUT2D eigenvalue weighted by Crippen LogP contribution is -2.42. The molecule has 1 heterocycles. The molecule has 8 heteroatoms. The molecule has 1 aliphatic rings. The number of ether oxygens (including phenoxy) is 1. The Kier molecular flexibility index (Phi) is 6.12. The van der Waals surface area contributed by atoms with E-state index in [1.807, 2.05) is 6.92 Å². The Morgan fingerprint density at radius 3 is 2.57 bits per heavy atom. The van der Waals surface area contributed by atoms with Crippen LogP contribution < -0.4 is 15.4 Å². The number of halogens is 1. The molecule has 1 aliphatic heterocycles. The number of anilines is 1. The molecule has 1 atom stereocenters. The molecule has 0 radical (unpaired) electrons. The van der Waals surface area contributed by atoms with Crippen molar-refractivity contribution in [3.63, 3.8) is 0 Å². The number of rotatable bonds is 7. The Labute approximate surface area is 179 Å². The summed E-state index contributed by atoms with van der Waals surface area (Å²) in [7, 11) is 0. The zero-order chi connectivity index (χ0) is 21.9. The first-order valence-corrected chi connectivity index (χ1v) is 9.64. The molecule has 1 unspecified atom stereocenters. The molecule has 2 aromatic carbocycles. The molecule has 0 spiro atoms. The first kappa shape index (κ1) is 21.4. The standard InChI is InChI=1S/C22H22ClN3O4/c1-14(2)13-30-18-9-7-15(8-10-18)22(3)20(28)26(21(29)25-22)12-19(27)24-17-6-4-5-16(23)11-17/h4-11H,1,12-13H2,2-3H3,(H,24,27)(H,25,29). The van der Waals surface area contributed by atoms with Crippen LogP contribution in [0.2, 0.25) is 5.02 Å². The zero-order valence-corrected chi connectivity index (χ0v) is 17.5. The second-order valence-electron chi connectivity index (χ2n) is 7.28. The average Bonchev–Trinajstić information content (AvgIpc) is 2.90. The molecule has 0 saturated carbocycles. The lowest BCUT2D eigenvalue weighted by molar-refractivity contribution is -0.133. The van der Waals surface area contributed by atoms with Gasteiger partial charge in [-0.2, -0.15) is 0 Å². The maximum Gasteiger partial charge on any atom is 0.325 e. The van der Waals surface area contributed by atoms with Crippen molar-refractivity contribution in [1.29, 1.82) is 0 Å². The van der Waals surface area contributed by atoms with Crippen LogP contribution in [0.3, 0.4) is 0 Å². The minimum atomic E-state index is -1.28. The molecule has 1 saturated heterocycles. The van der Waals surface area contributed by atoms with Crippen LogP contribution >= 0.6 is 11.6 Å². The molecule has 0 bridgehead atoms. The predicted molar refractivity (Wildman–Crippen MR) is 114 cm³/mol. The van der Waals surface area contributed by atoms with Crippen molar-refractivity contribution in [3.05, 3.63) is 71.3 Å². The fourth-order valence-electron chi connectivity index (χ4n) is 3.04. The van der Waals surface area contributed by atoms with Crippen molar-refractivity contribution in [2.75, 3.05) is 18.5 Å². The van der Waals surface area contributed by atoms with Gasteiger partial charge in [0.05, 0.1) is 0 Å². The van der Waals surface area contributed by atoms with Gasteiger partial charge in [0.1, 0.15) is 24.4 Å². The van der Waals surface area contributed by atoms with Gasteiger partial charge in [0.25, 0.3) is 5.91 Å². The summed E-state index contributed by atoms with van der Waals surface area (Å²) in [5, 5.41) is 5.77. The summed E-state index contributed by atoms with van der Waals surface area (Å²) in [4.78, 5) is 38.6. The van der Waals surface area contributed by atoms with Gasteiger partial charge in [-0.15, -0.1) is 0 Å². The Morgan fingerprint density at radius 1 is 1.23 bits per heavy atom. The van der Waals surface area contributed by atoms with Crippen LogP contribution in [0.5, 0.6) is 5.75 Å². The monoisotopic (exact) mass is 427 g/mol. The summed E-state index contributed by atoms with van der Waals surface area (Å²) in [6, 6.07) is 12.8. The molecule has 4 amide bonds. The Hall–Kier alpha value is -3.32. The van der Waals surface area contributed by atoms with Crippen LogP contribution in [0, 0.1) is 0 Å². The lowest BCUT2D eigenvalue weighted by atomic mass is 9.92. The Bertz CT molecular complexity index is 1010. The van der Waals surface area contributed by atoms with E-state index in [0.29, 0.717) is 28.6 Å². The third kappa shape index (κ3) is 4.63. The van der Waals surface area contributed by atoms with Crippen molar-refractivity contribution < 1.29 is 19.1 Å². The van der Waals surface area contributed by atoms with Gasteiger partial charge in [-0.3, -0.25) is 14.5 Å². The van der Waals surface area contributed by atoms with Gasteiger partial charge in [0.2, 0.25) is 5.91 Å². The second kappa shape index (κ2) is 8.59. The smallest absolute Gasteiger partial charge is 0.325 e. The number of urea groups is 1. The largest absolute Gasteiger partial charge is 0.489 e. The normalized spacial score (nSPS) is 18.2. The highest BCUT2D eigenvalue weighted by atomic mass is 35.5. The van der Waals surface area contributed by atoms with E-state index in [1.165, 1.54) is 0 Å². The number of imide groups is 1. The van der Waals surface area contributed by atoms with Gasteiger partial charge in [0, 0.05) is 10.7 Å². The van der Waals surface area contributed by atoms with Crippen LogP contribution in [0.15, 0.2) is 60.7 Å². The van der Waals surface area contributed by atoms with E-state index in [0.717, 1.165) is 10.5 Å². The zero-order valence-electron chi connectivity index (χ0n) is 16.7. The van der Waals surface area contributed by atoms with Gasteiger partial charge in [-0.25, -0.2) is 4.79 Å². The van der Waals surface area contributed by atoms with Gasteiger partial charge in [-0.1, -0.05) is 36.4 Å². The molecular weight excluding hydrogens is 406 g/mol. The number of nitrogens with one attached hydrogen (secondary N) is 2. The molecular formula is C22H22ClN3O4. The van der Waals surface area contributed by atoms with Gasteiger partial charge in [0.15, 0.2) is 0 Å². The third-order valence-corrected chi connectivity index (χ3v) is 4.84.